The number of fused-ring (bicyclic) bond motifs is 1. The van der Waals surface area contributed by atoms with E-state index in [0.717, 1.165) is 16.7 Å². The SMILES string of the molecule is CCOC(=O)COc1ccc(Cl)cc1C1c2ccccc2CN1C(=O)OCc1ccccc1. The van der Waals surface area contributed by atoms with Crippen LogP contribution in [0.2, 0.25) is 5.02 Å². The summed E-state index contributed by atoms with van der Waals surface area (Å²) in [6, 6.07) is 22.0. The standard InChI is InChI=1S/C26H24ClNO5/c1-2-31-24(29)17-32-23-13-12-20(27)14-22(23)25-21-11-7-6-10-19(21)15-28(25)26(30)33-16-18-8-4-3-5-9-18/h3-14,25H,2,15-17H2,1H3. The molecule has 0 saturated carbocycles. The minimum absolute atomic E-state index is 0.168. The van der Waals surface area contributed by atoms with E-state index in [1.54, 1.807) is 30.0 Å². The van der Waals surface area contributed by atoms with Crippen molar-refractivity contribution < 1.29 is 23.8 Å². The van der Waals surface area contributed by atoms with Crippen molar-refractivity contribution in [2.24, 2.45) is 0 Å². The molecular weight excluding hydrogens is 442 g/mol. The second-order valence-electron chi connectivity index (χ2n) is 7.55. The first-order valence-electron chi connectivity index (χ1n) is 10.7. The molecule has 0 aliphatic carbocycles. The number of hydrogen-bond acceptors (Lipinski definition) is 5. The summed E-state index contributed by atoms with van der Waals surface area (Å²) in [7, 11) is 0. The van der Waals surface area contributed by atoms with Crippen LogP contribution >= 0.6 is 11.6 Å². The van der Waals surface area contributed by atoms with Crippen molar-refractivity contribution in [3.63, 3.8) is 0 Å². The van der Waals surface area contributed by atoms with Crippen molar-refractivity contribution in [1.29, 1.82) is 0 Å². The van der Waals surface area contributed by atoms with Crippen molar-refractivity contribution in [1.82, 2.24) is 4.90 Å². The monoisotopic (exact) mass is 465 g/mol. The second kappa shape index (κ2) is 10.4. The first-order valence-corrected chi connectivity index (χ1v) is 11.1. The van der Waals surface area contributed by atoms with E-state index in [2.05, 4.69) is 0 Å². The van der Waals surface area contributed by atoms with Gasteiger partial charge in [0.15, 0.2) is 6.61 Å². The molecule has 3 aromatic carbocycles. The molecule has 33 heavy (non-hydrogen) atoms. The van der Waals surface area contributed by atoms with Crippen LogP contribution in [-0.4, -0.2) is 30.2 Å². The number of halogens is 1. The Morgan fingerprint density at radius 2 is 1.73 bits per heavy atom. The molecule has 1 amide bonds. The molecule has 1 heterocycles. The van der Waals surface area contributed by atoms with Gasteiger partial charge in [0.05, 0.1) is 19.2 Å². The van der Waals surface area contributed by atoms with Gasteiger partial charge < -0.3 is 14.2 Å². The highest BCUT2D eigenvalue weighted by Crippen LogP contribution is 2.43. The molecule has 1 aliphatic heterocycles. The summed E-state index contributed by atoms with van der Waals surface area (Å²) in [6.45, 7) is 2.32. The lowest BCUT2D eigenvalue weighted by Gasteiger charge is -2.27. The third-order valence-electron chi connectivity index (χ3n) is 5.36. The zero-order valence-corrected chi connectivity index (χ0v) is 19.0. The van der Waals surface area contributed by atoms with E-state index in [-0.39, 0.29) is 19.8 Å². The molecule has 1 aliphatic rings. The number of carbonyl (C=O) groups excluding carboxylic acids is 2. The Kier molecular flexibility index (Phi) is 7.15. The summed E-state index contributed by atoms with van der Waals surface area (Å²) < 4.78 is 16.4. The van der Waals surface area contributed by atoms with Gasteiger partial charge in [0.2, 0.25) is 0 Å². The molecule has 4 rings (SSSR count). The van der Waals surface area contributed by atoms with Gasteiger partial charge in [0.1, 0.15) is 12.4 Å². The number of ether oxygens (including phenoxy) is 3. The largest absolute Gasteiger partial charge is 0.482 e. The Morgan fingerprint density at radius 3 is 2.52 bits per heavy atom. The van der Waals surface area contributed by atoms with Gasteiger partial charge >= 0.3 is 12.1 Å². The fourth-order valence-corrected chi connectivity index (χ4v) is 4.08. The minimum Gasteiger partial charge on any atom is -0.482 e. The second-order valence-corrected chi connectivity index (χ2v) is 7.98. The van der Waals surface area contributed by atoms with Crippen LogP contribution in [0.25, 0.3) is 0 Å². The number of carbonyl (C=O) groups is 2. The number of rotatable bonds is 7. The molecule has 0 N–H and O–H groups in total. The quantitative estimate of drug-likeness (QED) is 0.429. The predicted octanol–water partition coefficient (Wildman–Crippen LogP) is 5.52. The third-order valence-corrected chi connectivity index (χ3v) is 5.59. The Labute approximate surface area is 197 Å². The minimum atomic E-state index is -0.472. The third kappa shape index (κ3) is 5.29. The molecule has 7 heteroatoms. The van der Waals surface area contributed by atoms with Crippen molar-refractivity contribution in [3.8, 4) is 5.75 Å². The van der Waals surface area contributed by atoms with Crippen LogP contribution in [0.3, 0.4) is 0 Å². The molecule has 0 bridgehead atoms. The van der Waals surface area contributed by atoms with E-state index in [9.17, 15) is 9.59 Å². The van der Waals surface area contributed by atoms with E-state index in [4.69, 9.17) is 25.8 Å². The van der Waals surface area contributed by atoms with Gasteiger partial charge in [0, 0.05) is 10.6 Å². The Balaban J connectivity index is 1.63. The smallest absolute Gasteiger partial charge is 0.411 e. The molecule has 170 valence electrons. The van der Waals surface area contributed by atoms with Crippen LogP contribution in [0, 0.1) is 0 Å². The number of amides is 1. The van der Waals surface area contributed by atoms with Crippen LogP contribution in [0.5, 0.6) is 5.75 Å². The van der Waals surface area contributed by atoms with Gasteiger partial charge in [-0.05, 0) is 41.8 Å². The summed E-state index contributed by atoms with van der Waals surface area (Å²) >= 11 is 6.32. The number of nitrogens with zero attached hydrogens (tertiary/aromatic N) is 1. The number of benzene rings is 3. The average Bonchev–Trinajstić information content (AvgIpc) is 3.22. The topological polar surface area (TPSA) is 65.1 Å². The molecule has 1 unspecified atom stereocenters. The first kappa shape index (κ1) is 22.7. The number of esters is 1. The van der Waals surface area contributed by atoms with E-state index in [1.807, 2.05) is 54.6 Å². The summed E-state index contributed by atoms with van der Waals surface area (Å²) in [5, 5.41) is 0.496. The fraction of sp³-hybridized carbons (Fsp3) is 0.231. The predicted molar refractivity (Wildman–Crippen MR) is 124 cm³/mol. The van der Waals surface area contributed by atoms with Gasteiger partial charge in [-0.1, -0.05) is 66.2 Å². The highest BCUT2D eigenvalue weighted by atomic mass is 35.5. The van der Waals surface area contributed by atoms with Crippen LogP contribution < -0.4 is 4.74 Å². The maximum absolute atomic E-state index is 13.2. The summed E-state index contributed by atoms with van der Waals surface area (Å²) in [4.78, 5) is 26.7. The lowest BCUT2D eigenvalue weighted by atomic mass is 9.97. The molecular formula is C26H24ClNO5. The first-order chi connectivity index (χ1) is 16.1. The van der Waals surface area contributed by atoms with Crippen LogP contribution in [0.15, 0.2) is 72.8 Å². The lowest BCUT2D eigenvalue weighted by molar-refractivity contribution is -0.145. The van der Waals surface area contributed by atoms with E-state index >= 15 is 0 Å². The highest BCUT2D eigenvalue weighted by molar-refractivity contribution is 6.30. The summed E-state index contributed by atoms with van der Waals surface area (Å²) in [6.07, 6.45) is -0.448. The number of hydrogen-bond donors (Lipinski definition) is 0. The van der Waals surface area contributed by atoms with Crippen LogP contribution in [0.4, 0.5) is 4.79 Å². The maximum Gasteiger partial charge on any atom is 0.411 e. The van der Waals surface area contributed by atoms with Gasteiger partial charge in [-0.25, -0.2) is 9.59 Å². The maximum atomic E-state index is 13.2. The Hall–Kier alpha value is -3.51. The molecule has 0 fully saturated rings. The van der Waals surface area contributed by atoms with Gasteiger partial charge in [0.25, 0.3) is 0 Å². The summed E-state index contributed by atoms with van der Waals surface area (Å²) in [5.74, 6) is -0.0145. The van der Waals surface area contributed by atoms with E-state index < -0.39 is 18.1 Å². The normalized spacial score (nSPS) is 14.5. The van der Waals surface area contributed by atoms with Crippen molar-refractivity contribution in [2.75, 3.05) is 13.2 Å². The molecule has 0 saturated heterocycles. The zero-order chi connectivity index (χ0) is 23.2. The molecule has 0 spiro atoms. The highest BCUT2D eigenvalue weighted by Gasteiger charge is 2.37. The van der Waals surface area contributed by atoms with Crippen molar-refractivity contribution in [2.45, 2.75) is 26.1 Å². The van der Waals surface area contributed by atoms with E-state index in [1.165, 1.54) is 0 Å². The lowest BCUT2D eigenvalue weighted by Crippen LogP contribution is -2.31. The summed E-state index contributed by atoms with van der Waals surface area (Å²) in [5.41, 5.74) is 3.54. The Bertz CT molecular complexity index is 1130. The van der Waals surface area contributed by atoms with Gasteiger partial charge in [-0.3, -0.25) is 4.90 Å². The van der Waals surface area contributed by atoms with Crippen molar-refractivity contribution >= 4 is 23.7 Å². The van der Waals surface area contributed by atoms with Gasteiger partial charge in [-0.2, -0.15) is 0 Å². The molecule has 1 atom stereocenters. The van der Waals surface area contributed by atoms with Gasteiger partial charge in [-0.15, -0.1) is 0 Å². The fourth-order valence-electron chi connectivity index (χ4n) is 3.90. The van der Waals surface area contributed by atoms with Crippen LogP contribution in [0.1, 0.15) is 35.2 Å². The van der Waals surface area contributed by atoms with Crippen molar-refractivity contribution in [3.05, 3.63) is 100 Å². The van der Waals surface area contributed by atoms with Crippen LogP contribution in [-0.2, 0) is 27.4 Å². The molecule has 3 aromatic rings. The molecule has 0 radical (unpaired) electrons. The zero-order valence-electron chi connectivity index (χ0n) is 18.2. The molecule has 6 nitrogen and oxygen atoms in total. The Morgan fingerprint density at radius 1 is 0.970 bits per heavy atom. The molecule has 0 aromatic heterocycles. The van der Waals surface area contributed by atoms with E-state index in [0.29, 0.717) is 22.9 Å². The average molecular weight is 466 g/mol.